The quantitative estimate of drug-likeness (QED) is 0.733. The first kappa shape index (κ1) is 14.3. The second kappa shape index (κ2) is 5.46. The highest BCUT2D eigenvalue weighted by Gasteiger charge is 2.34. The zero-order chi connectivity index (χ0) is 14.9. The number of aliphatic hydroxyl groups excluding tert-OH is 1. The summed E-state index contributed by atoms with van der Waals surface area (Å²) in [5.74, 6) is -1.73. The smallest absolute Gasteiger partial charge is 0.250 e. The number of benzene rings is 1. The van der Waals surface area contributed by atoms with Crippen LogP contribution in [0, 0.1) is 5.82 Å². The van der Waals surface area contributed by atoms with Crippen molar-refractivity contribution >= 4 is 17.5 Å². The van der Waals surface area contributed by atoms with Crippen molar-refractivity contribution in [1.29, 1.82) is 0 Å². The van der Waals surface area contributed by atoms with Crippen LogP contribution in [0.2, 0.25) is 0 Å². The fourth-order valence-corrected chi connectivity index (χ4v) is 1.86. The Labute approximate surface area is 114 Å². The van der Waals surface area contributed by atoms with Gasteiger partial charge in [0.1, 0.15) is 29.7 Å². The van der Waals surface area contributed by atoms with E-state index in [1.807, 2.05) is 0 Å². The molecule has 108 valence electrons. The van der Waals surface area contributed by atoms with Gasteiger partial charge in [0.2, 0.25) is 5.91 Å². The lowest BCUT2D eigenvalue weighted by atomic mass is 10.1. The van der Waals surface area contributed by atoms with E-state index in [-0.39, 0.29) is 11.4 Å². The first-order chi connectivity index (χ1) is 9.40. The number of anilines is 1. The molecule has 0 aliphatic carbocycles. The first-order valence-electron chi connectivity index (χ1n) is 6.14. The van der Waals surface area contributed by atoms with Crippen LogP contribution in [0.4, 0.5) is 10.1 Å². The van der Waals surface area contributed by atoms with Crippen LogP contribution in [0.25, 0.3) is 0 Å². The third-order valence-corrected chi connectivity index (χ3v) is 2.97. The van der Waals surface area contributed by atoms with Gasteiger partial charge >= 0.3 is 0 Å². The number of amides is 2. The number of hydrogen-bond donors (Lipinski definition) is 3. The van der Waals surface area contributed by atoms with Crippen LogP contribution in [0.3, 0.4) is 0 Å². The molecule has 1 aromatic carbocycles. The SMILES string of the molecule is CC(O)C(=O)N[C@@H]1C(=O)Nc2c(F)cccc2O[C@@H]1C. The number of halogens is 1. The Bertz CT molecular complexity index is 547. The number of rotatable bonds is 2. The van der Waals surface area contributed by atoms with E-state index < -0.39 is 35.9 Å². The first-order valence-corrected chi connectivity index (χ1v) is 6.14. The van der Waals surface area contributed by atoms with Crippen LogP contribution in [0.15, 0.2) is 18.2 Å². The Balaban J connectivity index is 2.26. The van der Waals surface area contributed by atoms with E-state index in [9.17, 15) is 14.0 Å². The van der Waals surface area contributed by atoms with E-state index >= 15 is 0 Å². The van der Waals surface area contributed by atoms with Crippen LogP contribution in [-0.4, -0.2) is 35.2 Å². The Kier molecular flexibility index (Phi) is 3.89. The molecule has 1 unspecified atom stereocenters. The average molecular weight is 282 g/mol. The molecule has 1 aromatic rings. The highest BCUT2D eigenvalue weighted by molar-refractivity contribution is 5.99. The van der Waals surface area contributed by atoms with E-state index in [0.29, 0.717) is 0 Å². The van der Waals surface area contributed by atoms with Gasteiger partial charge in [-0.05, 0) is 26.0 Å². The number of para-hydroxylation sites is 1. The molecule has 3 N–H and O–H groups in total. The third-order valence-electron chi connectivity index (χ3n) is 2.97. The molecule has 0 bridgehead atoms. The summed E-state index contributed by atoms with van der Waals surface area (Å²) in [5, 5.41) is 13.9. The van der Waals surface area contributed by atoms with Gasteiger partial charge in [-0.15, -0.1) is 0 Å². The van der Waals surface area contributed by atoms with E-state index in [1.54, 1.807) is 6.92 Å². The van der Waals surface area contributed by atoms with Crippen LogP contribution >= 0.6 is 0 Å². The highest BCUT2D eigenvalue weighted by atomic mass is 19.1. The van der Waals surface area contributed by atoms with Crippen molar-refractivity contribution in [3.05, 3.63) is 24.0 Å². The maximum atomic E-state index is 13.6. The molecular formula is C13H15FN2O4. The van der Waals surface area contributed by atoms with Crippen LogP contribution in [0.1, 0.15) is 13.8 Å². The lowest BCUT2D eigenvalue weighted by molar-refractivity contribution is -0.133. The van der Waals surface area contributed by atoms with Gasteiger partial charge in [0.25, 0.3) is 5.91 Å². The molecule has 0 radical (unpaired) electrons. The molecule has 1 heterocycles. The molecule has 0 fully saturated rings. The van der Waals surface area contributed by atoms with Gasteiger partial charge in [0.05, 0.1) is 0 Å². The van der Waals surface area contributed by atoms with Gasteiger partial charge in [-0.1, -0.05) is 6.07 Å². The normalized spacial score (nSPS) is 22.9. The molecule has 3 atom stereocenters. The lowest BCUT2D eigenvalue weighted by Gasteiger charge is -2.22. The Morgan fingerprint density at radius 1 is 1.55 bits per heavy atom. The van der Waals surface area contributed by atoms with Gasteiger partial charge < -0.3 is 20.5 Å². The number of fused-ring (bicyclic) bond motifs is 1. The van der Waals surface area contributed by atoms with Gasteiger partial charge in [-0.2, -0.15) is 0 Å². The summed E-state index contributed by atoms with van der Waals surface area (Å²) >= 11 is 0. The molecular weight excluding hydrogens is 267 g/mol. The van der Waals surface area contributed by atoms with Crippen molar-refractivity contribution in [3.8, 4) is 5.75 Å². The van der Waals surface area contributed by atoms with Crippen molar-refractivity contribution < 1.29 is 23.8 Å². The molecule has 2 amide bonds. The van der Waals surface area contributed by atoms with Crippen LogP contribution in [0.5, 0.6) is 5.75 Å². The summed E-state index contributed by atoms with van der Waals surface area (Å²) in [6, 6.07) is 3.15. The molecule has 0 spiro atoms. The maximum Gasteiger partial charge on any atom is 0.250 e. The second-order valence-electron chi connectivity index (χ2n) is 4.59. The Hall–Kier alpha value is -2.15. The monoisotopic (exact) mass is 282 g/mol. The Morgan fingerprint density at radius 2 is 2.25 bits per heavy atom. The minimum atomic E-state index is -1.25. The highest BCUT2D eigenvalue weighted by Crippen LogP contribution is 2.31. The summed E-state index contributed by atoms with van der Waals surface area (Å²) in [4.78, 5) is 23.5. The summed E-state index contributed by atoms with van der Waals surface area (Å²) in [5.41, 5.74) is -0.0573. The summed E-state index contributed by atoms with van der Waals surface area (Å²) in [6.07, 6.45) is -1.96. The predicted molar refractivity (Wildman–Crippen MR) is 68.7 cm³/mol. The zero-order valence-electron chi connectivity index (χ0n) is 11.0. The van der Waals surface area contributed by atoms with Crippen molar-refractivity contribution in [1.82, 2.24) is 5.32 Å². The maximum absolute atomic E-state index is 13.6. The van der Waals surface area contributed by atoms with Crippen molar-refractivity contribution in [3.63, 3.8) is 0 Å². The van der Waals surface area contributed by atoms with Crippen molar-refractivity contribution in [2.24, 2.45) is 0 Å². The standard InChI is InChI=1S/C13H15FN2O4/c1-6(17)12(18)15-10-7(2)20-9-5-3-4-8(14)11(9)16-13(10)19/h3-7,10,17H,1-2H3,(H,15,18)(H,16,19)/t6?,7-,10+/m1/s1. The van der Waals surface area contributed by atoms with Gasteiger partial charge in [0.15, 0.2) is 5.82 Å². The molecule has 1 aliphatic rings. The molecule has 1 aliphatic heterocycles. The molecule has 0 saturated carbocycles. The fraction of sp³-hybridized carbons (Fsp3) is 0.385. The Morgan fingerprint density at radius 3 is 2.90 bits per heavy atom. The molecule has 20 heavy (non-hydrogen) atoms. The van der Waals surface area contributed by atoms with Gasteiger partial charge in [-0.3, -0.25) is 9.59 Å². The summed E-state index contributed by atoms with van der Waals surface area (Å²) in [7, 11) is 0. The van der Waals surface area contributed by atoms with E-state index in [0.717, 1.165) is 0 Å². The minimum absolute atomic E-state index is 0.0573. The number of carbonyl (C=O) groups excluding carboxylic acids is 2. The predicted octanol–water partition coefficient (Wildman–Crippen LogP) is 0.411. The largest absolute Gasteiger partial charge is 0.486 e. The number of carbonyl (C=O) groups is 2. The number of ether oxygens (including phenoxy) is 1. The van der Waals surface area contributed by atoms with Crippen LogP contribution in [-0.2, 0) is 9.59 Å². The topological polar surface area (TPSA) is 87.7 Å². The van der Waals surface area contributed by atoms with Gasteiger partial charge in [0, 0.05) is 0 Å². The van der Waals surface area contributed by atoms with E-state index in [2.05, 4.69) is 10.6 Å². The summed E-state index contributed by atoms with van der Waals surface area (Å²) in [6.45, 7) is 2.86. The van der Waals surface area contributed by atoms with E-state index in [1.165, 1.54) is 25.1 Å². The minimum Gasteiger partial charge on any atom is -0.486 e. The molecule has 0 saturated heterocycles. The van der Waals surface area contributed by atoms with Crippen molar-refractivity contribution in [2.75, 3.05) is 5.32 Å². The summed E-state index contributed by atoms with van der Waals surface area (Å²) < 4.78 is 19.1. The molecule has 6 nitrogen and oxygen atoms in total. The van der Waals surface area contributed by atoms with Gasteiger partial charge in [-0.25, -0.2) is 4.39 Å². The third kappa shape index (κ3) is 2.72. The molecule has 2 rings (SSSR count). The second-order valence-corrected chi connectivity index (χ2v) is 4.59. The average Bonchev–Trinajstić information content (AvgIpc) is 2.49. The van der Waals surface area contributed by atoms with Crippen LogP contribution < -0.4 is 15.4 Å². The number of nitrogens with one attached hydrogen (secondary N) is 2. The van der Waals surface area contributed by atoms with E-state index in [4.69, 9.17) is 9.84 Å². The zero-order valence-corrected chi connectivity index (χ0v) is 11.0. The molecule has 7 heteroatoms. The number of hydrogen-bond acceptors (Lipinski definition) is 4. The fourth-order valence-electron chi connectivity index (χ4n) is 1.86. The number of aliphatic hydroxyl groups is 1. The van der Waals surface area contributed by atoms with Crippen molar-refractivity contribution in [2.45, 2.75) is 32.1 Å². The lowest BCUT2D eigenvalue weighted by Crippen LogP contribution is -2.53. The molecule has 0 aromatic heterocycles.